The van der Waals surface area contributed by atoms with E-state index in [1.54, 1.807) is 6.20 Å². The standard InChI is InChI=1S/C22H32N4O2/c1-14-7-8-19(24-12-14)25-21(27)17-6-3-9-26(13-17)22(28)18-10-15-4-2-5-16(11-18)20(15)23/h7-8,12,15-18,20H,2-6,9-11,13,23H2,1H3,(H,24,25,27). The SMILES string of the molecule is Cc1ccc(NC(=O)C2CCCN(C(=O)C3CC4CCCC(C3)C4N)C2)nc1. The molecule has 2 amide bonds. The van der Waals surface area contributed by atoms with Gasteiger partial charge in [-0.25, -0.2) is 4.98 Å². The summed E-state index contributed by atoms with van der Waals surface area (Å²) in [5.41, 5.74) is 7.45. The Morgan fingerprint density at radius 1 is 1.11 bits per heavy atom. The highest BCUT2D eigenvalue weighted by molar-refractivity contribution is 5.92. The lowest BCUT2D eigenvalue weighted by molar-refractivity contribution is -0.141. The molecule has 152 valence electrons. The number of rotatable bonds is 3. The second-order valence-corrected chi connectivity index (χ2v) is 9.03. The van der Waals surface area contributed by atoms with Crippen molar-refractivity contribution >= 4 is 17.6 Å². The molecule has 3 unspecified atom stereocenters. The summed E-state index contributed by atoms with van der Waals surface area (Å²) in [6.07, 6.45) is 8.88. The van der Waals surface area contributed by atoms with Crippen molar-refractivity contribution in [2.24, 2.45) is 29.4 Å². The number of aromatic nitrogens is 1. The van der Waals surface area contributed by atoms with Crippen LogP contribution < -0.4 is 11.1 Å². The number of pyridine rings is 1. The number of fused-ring (bicyclic) bond motifs is 2. The first-order valence-corrected chi connectivity index (χ1v) is 10.8. The number of hydrogen-bond acceptors (Lipinski definition) is 4. The lowest BCUT2D eigenvalue weighted by atomic mass is 9.65. The van der Waals surface area contributed by atoms with Crippen molar-refractivity contribution in [3.05, 3.63) is 23.9 Å². The van der Waals surface area contributed by atoms with Gasteiger partial charge in [0.1, 0.15) is 5.82 Å². The molecule has 3 N–H and O–H groups in total. The Labute approximate surface area is 167 Å². The number of likely N-dealkylation sites (tertiary alicyclic amines) is 1. The van der Waals surface area contributed by atoms with E-state index < -0.39 is 0 Å². The molecule has 1 aromatic rings. The van der Waals surface area contributed by atoms with Gasteiger partial charge in [-0.3, -0.25) is 9.59 Å². The van der Waals surface area contributed by atoms with E-state index >= 15 is 0 Å². The fraction of sp³-hybridized carbons (Fsp3) is 0.682. The van der Waals surface area contributed by atoms with Gasteiger partial charge in [0.15, 0.2) is 0 Å². The minimum Gasteiger partial charge on any atom is -0.342 e. The number of hydrogen-bond donors (Lipinski definition) is 2. The van der Waals surface area contributed by atoms with Crippen LogP contribution in [0.4, 0.5) is 5.82 Å². The maximum Gasteiger partial charge on any atom is 0.230 e. The Morgan fingerprint density at radius 3 is 2.54 bits per heavy atom. The summed E-state index contributed by atoms with van der Waals surface area (Å²) < 4.78 is 0. The minimum atomic E-state index is -0.161. The summed E-state index contributed by atoms with van der Waals surface area (Å²) in [6, 6.07) is 4.03. The lowest BCUT2D eigenvalue weighted by Crippen LogP contribution is -2.51. The second kappa shape index (κ2) is 8.19. The average molecular weight is 385 g/mol. The molecule has 3 aliphatic rings. The van der Waals surface area contributed by atoms with Gasteiger partial charge in [-0.15, -0.1) is 0 Å². The fourth-order valence-electron chi connectivity index (χ4n) is 5.41. The second-order valence-electron chi connectivity index (χ2n) is 9.03. The number of carbonyl (C=O) groups is 2. The fourth-order valence-corrected chi connectivity index (χ4v) is 5.41. The van der Waals surface area contributed by atoms with Crippen LogP contribution in [-0.4, -0.2) is 40.8 Å². The van der Waals surface area contributed by atoms with Crippen molar-refractivity contribution in [2.45, 2.75) is 57.9 Å². The molecule has 1 saturated heterocycles. The highest BCUT2D eigenvalue weighted by atomic mass is 16.2. The molecular formula is C22H32N4O2. The summed E-state index contributed by atoms with van der Waals surface area (Å²) >= 11 is 0. The first-order valence-electron chi connectivity index (χ1n) is 10.8. The van der Waals surface area contributed by atoms with Gasteiger partial charge < -0.3 is 16.0 Å². The summed E-state index contributed by atoms with van der Waals surface area (Å²) in [5, 5.41) is 2.91. The van der Waals surface area contributed by atoms with E-state index in [-0.39, 0.29) is 29.7 Å². The zero-order valence-corrected chi connectivity index (χ0v) is 16.8. The molecule has 2 aliphatic carbocycles. The van der Waals surface area contributed by atoms with Crippen LogP contribution in [0.3, 0.4) is 0 Å². The number of piperidine rings is 1. The number of amides is 2. The third-order valence-corrected chi connectivity index (χ3v) is 7.03. The molecule has 3 fully saturated rings. The first-order chi connectivity index (χ1) is 13.5. The summed E-state index contributed by atoms with van der Waals surface area (Å²) in [5.74, 6) is 1.72. The van der Waals surface area contributed by atoms with Gasteiger partial charge in [0.25, 0.3) is 0 Å². The van der Waals surface area contributed by atoms with Crippen LogP contribution in [0.1, 0.15) is 50.5 Å². The zero-order valence-electron chi connectivity index (χ0n) is 16.8. The summed E-state index contributed by atoms with van der Waals surface area (Å²) in [4.78, 5) is 32.1. The Balaban J connectivity index is 1.36. The molecule has 4 rings (SSSR count). The van der Waals surface area contributed by atoms with Gasteiger partial charge in [0.05, 0.1) is 5.92 Å². The van der Waals surface area contributed by atoms with Gasteiger partial charge >= 0.3 is 0 Å². The van der Waals surface area contributed by atoms with Crippen molar-refractivity contribution in [3.8, 4) is 0 Å². The van der Waals surface area contributed by atoms with E-state index in [1.807, 2.05) is 24.0 Å². The predicted octanol–water partition coefficient (Wildman–Crippen LogP) is 2.72. The minimum absolute atomic E-state index is 0.0311. The highest BCUT2D eigenvalue weighted by Crippen LogP contribution is 2.42. The number of nitrogens with zero attached hydrogens (tertiary/aromatic N) is 2. The number of carbonyl (C=O) groups excluding carboxylic acids is 2. The molecule has 0 radical (unpaired) electrons. The van der Waals surface area contributed by atoms with E-state index in [1.165, 1.54) is 6.42 Å². The molecule has 2 saturated carbocycles. The molecule has 6 nitrogen and oxygen atoms in total. The van der Waals surface area contributed by atoms with Gasteiger partial charge in [-0.05, 0) is 68.9 Å². The number of nitrogens with one attached hydrogen (secondary N) is 1. The number of anilines is 1. The molecule has 2 heterocycles. The van der Waals surface area contributed by atoms with Crippen molar-refractivity contribution in [3.63, 3.8) is 0 Å². The molecule has 0 spiro atoms. The molecule has 28 heavy (non-hydrogen) atoms. The average Bonchev–Trinajstić information content (AvgIpc) is 2.69. The van der Waals surface area contributed by atoms with Crippen LogP contribution >= 0.6 is 0 Å². The third-order valence-electron chi connectivity index (χ3n) is 7.03. The highest BCUT2D eigenvalue weighted by Gasteiger charge is 2.42. The molecule has 1 aliphatic heterocycles. The van der Waals surface area contributed by atoms with Gasteiger partial charge in [0.2, 0.25) is 11.8 Å². The summed E-state index contributed by atoms with van der Waals surface area (Å²) in [6.45, 7) is 3.26. The largest absolute Gasteiger partial charge is 0.342 e. The third kappa shape index (κ3) is 4.07. The first kappa shape index (κ1) is 19.4. The monoisotopic (exact) mass is 384 g/mol. The maximum absolute atomic E-state index is 13.2. The molecule has 6 heteroatoms. The van der Waals surface area contributed by atoms with Gasteiger partial charge in [0, 0.05) is 31.2 Å². The van der Waals surface area contributed by atoms with Crippen molar-refractivity contribution in [1.29, 1.82) is 0 Å². The predicted molar refractivity (Wildman–Crippen MR) is 108 cm³/mol. The molecule has 3 atom stereocenters. The van der Waals surface area contributed by atoms with Crippen molar-refractivity contribution in [1.82, 2.24) is 9.88 Å². The maximum atomic E-state index is 13.2. The van der Waals surface area contributed by atoms with E-state index in [4.69, 9.17) is 5.73 Å². The van der Waals surface area contributed by atoms with Crippen LogP contribution in [0.2, 0.25) is 0 Å². The Hall–Kier alpha value is -1.95. The van der Waals surface area contributed by atoms with E-state index in [9.17, 15) is 9.59 Å². The molecule has 1 aromatic heterocycles. The quantitative estimate of drug-likeness (QED) is 0.839. The molecular weight excluding hydrogens is 352 g/mol. The van der Waals surface area contributed by atoms with Crippen LogP contribution in [0.5, 0.6) is 0 Å². The van der Waals surface area contributed by atoms with Crippen LogP contribution in [0.25, 0.3) is 0 Å². The Bertz CT molecular complexity index is 706. The van der Waals surface area contributed by atoms with Gasteiger partial charge in [-0.2, -0.15) is 0 Å². The smallest absolute Gasteiger partial charge is 0.230 e. The Morgan fingerprint density at radius 2 is 1.86 bits per heavy atom. The molecule has 2 bridgehead atoms. The topological polar surface area (TPSA) is 88.3 Å². The van der Waals surface area contributed by atoms with Gasteiger partial charge in [-0.1, -0.05) is 12.5 Å². The lowest BCUT2D eigenvalue weighted by Gasteiger charge is -2.45. The normalized spacial score (nSPS) is 32.6. The number of nitrogens with two attached hydrogens (primary N) is 1. The van der Waals surface area contributed by atoms with Crippen LogP contribution in [0, 0.1) is 30.6 Å². The van der Waals surface area contributed by atoms with E-state index in [0.29, 0.717) is 24.2 Å². The van der Waals surface area contributed by atoms with Crippen LogP contribution in [0.15, 0.2) is 18.3 Å². The van der Waals surface area contributed by atoms with Crippen LogP contribution in [-0.2, 0) is 9.59 Å². The summed E-state index contributed by atoms with van der Waals surface area (Å²) in [7, 11) is 0. The number of aryl methyl sites for hydroxylation is 1. The van der Waals surface area contributed by atoms with E-state index in [2.05, 4.69) is 10.3 Å². The zero-order chi connectivity index (χ0) is 19.7. The molecule has 0 aromatic carbocycles. The van der Waals surface area contributed by atoms with Crippen molar-refractivity contribution < 1.29 is 9.59 Å². The van der Waals surface area contributed by atoms with E-state index in [0.717, 1.165) is 50.6 Å². The van der Waals surface area contributed by atoms with Crippen molar-refractivity contribution in [2.75, 3.05) is 18.4 Å². The Kier molecular flexibility index (Phi) is 5.67.